The van der Waals surface area contributed by atoms with Crippen LogP contribution in [0.4, 0.5) is 22.7 Å². The van der Waals surface area contributed by atoms with Crippen LogP contribution in [0.2, 0.25) is 5.15 Å². The summed E-state index contributed by atoms with van der Waals surface area (Å²) >= 11 is 5.38. The fourth-order valence-corrected chi connectivity index (χ4v) is 13.1. The van der Waals surface area contributed by atoms with Gasteiger partial charge in [0.15, 0.2) is 5.92 Å². The first-order valence-corrected chi connectivity index (χ1v) is 43.7. The van der Waals surface area contributed by atoms with Gasteiger partial charge in [0.2, 0.25) is 0 Å². The number of halogens is 1. The number of nitrogen functional groups attached to an aromatic ring is 1. The molecule has 5 atom stereocenters. The van der Waals surface area contributed by atoms with Crippen LogP contribution in [0.5, 0.6) is 11.5 Å². The molecule has 0 radical (unpaired) electrons. The normalized spacial score (nSPS) is 16.3. The highest BCUT2D eigenvalue weighted by molar-refractivity contribution is 6.29. The minimum Gasteiger partial charge on any atom is -0.497 e. The quantitative estimate of drug-likeness (QED) is 0.0102. The molecule has 7 aromatic rings. The Morgan fingerprint density at radius 2 is 0.831 bits per heavy atom. The van der Waals surface area contributed by atoms with Crippen LogP contribution >= 0.6 is 11.6 Å². The van der Waals surface area contributed by atoms with E-state index in [9.17, 15) is 68.7 Å². The number of aromatic nitrogens is 5. The number of likely N-dealkylation sites (tertiary alicyclic amines) is 2. The van der Waals surface area contributed by atoms with E-state index in [-0.39, 0.29) is 108 Å². The molecule has 10 rings (SSSR count). The van der Waals surface area contributed by atoms with Crippen molar-refractivity contribution in [2.45, 2.75) is 223 Å². The summed E-state index contributed by atoms with van der Waals surface area (Å²) in [5.41, 5.74) is 16.4. The smallest absolute Gasteiger partial charge is 0.327 e. The number of nitro groups is 3. The molecule has 5 unspecified atom stereocenters. The number of benzene rings is 2. The van der Waals surface area contributed by atoms with Gasteiger partial charge in [-0.15, -0.1) is 0 Å². The number of hydrogen-bond donors (Lipinski definition) is 2. The number of piperidine rings is 2. The number of aryl methyl sites for hydroxylation is 1. The molecular formula is C93H129ClN12O24. The first-order chi connectivity index (χ1) is 61.9. The van der Waals surface area contributed by atoms with Gasteiger partial charge in [-0.3, -0.25) is 98.4 Å². The molecule has 36 nitrogen and oxygen atoms in total. The van der Waals surface area contributed by atoms with Crippen molar-refractivity contribution in [2.75, 3.05) is 79.3 Å². The van der Waals surface area contributed by atoms with Gasteiger partial charge >= 0.3 is 47.8 Å². The highest BCUT2D eigenvalue weighted by Crippen LogP contribution is 2.32. The monoisotopic (exact) mass is 1830 g/mol. The van der Waals surface area contributed by atoms with Gasteiger partial charge in [-0.05, 0) is 210 Å². The second-order valence-electron chi connectivity index (χ2n) is 31.2. The Morgan fingerprint density at radius 1 is 0.446 bits per heavy atom. The average molecular weight is 1830 g/mol. The minimum absolute atomic E-state index is 0.0120. The highest BCUT2D eigenvalue weighted by atomic mass is 35.5. The Hall–Kier alpha value is -12.3. The maximum atomic E-state index is 12.2. The van der Waals surface area contributed by atoms with E-state index in [1.807, 2.05) is 64.1 Å². The molecule has 2 aromatic carbocycles. The SMILES string of the molecule is CCOC(=O)C(C(=O)OC(C)(C)C)c1ccc([N+](=O)[O-])cn1.CCOC(=O)CC1CCC(C)CC1.CCOC(=O)CC1CCC(C)CN1Cc1ccc(OC)cc1.CCOC(=O)CC1CCC(N)CN1Cc1ccc(OC)cc1.CCOC(=O)Cc1ccc(C)cn1.CCOC(=O)Cc1ccc(N)cn1.CCOC(=O)Cc1ccc([N+](=O)[O-])cn1.O=[N+]([O-])c1ccc(Cl)nc1. The molecule has 1 saturated carbocycles. The summed E-state index contributed by atoms with van der Waals surface area (Å²) in [4.78, 5) is 145. The predicted octanol–water partition coefficient (Wildman–Crippen LogP) is 14.9. The number of methoxy groups -OCH3 is 2. The largest absolute Gasteiger partial charge is 0.497 e. The second-order valence-corrected chi connectivity index (χ2v) is 31.6. The number of nitrogens with zero attached hydrogens (tertiary/aromatic N) is 10. The Kier molecular flexibility index (Phi) is 53.4. The second kappa shape index (κ2) is 62.0. The first kappa shape index (κ1) is 112. The molecule has 3 fully saturated rings. The molecule has 1 aliphatic carbocycles. The number of rotatable bonds is 31. The van der Waals surface area contributed by atoms with Crippen molar-refractivity contribution in [1.82, 2.24) is 34.7 Å². The molecule has 130 heavy (non-hydrogen) atoms. The molecule has 0 bridgehead atoms. The number of carbonyl (C=O) groups excluding carboxylic acids is 8. The predicted molar refractivity (Wildman–Crippen MR) is 486 cm³/mol. The summed E-state index contributed by atoms with van der Waals surface area (Å²) in [6, 6.07) is 31.9. The Labute approximate surface area is 765 Å². The van der Waals surface area contributed by atoms with Crippen LogP contribution in [0.25, 0.3) is 0 Å². The summed E-state index contributed by atoms with van der Waals surface area (Å²) in [7, 11) is 3.34. The van der Waals surface area contributed by atoms with Crippen molar-refractivity contribution in [1.29, 1.82) is 0 Å². The Morgan fingerprint density at radius 3 is 1.21 bits per heavy atom. The van der Waals surface area contributed by atoms with Crippen molar-refractivity contribution in [2.24, 2.45) is 23.5 Å². The maximum absolute atomic E-state index is 12.2. The molecule has 2 aliphatic heterocycles. The number of pyridine rings is 5. The summed E-state index contributed by atoms with van der Waals surface area (Å²) in [6.45, 7) is 30.1. The summed E-state index contributed by atoms with van der Waals surface area (Å²) < 4.78 is 49.8. The van der Waals surface area contributed by atoms with E-state index in [1.165, 1.54) is 85.8 Å². The lowest BCUT2D eigenvalue weighted by atomic mass is 9.81. The van der Waals surface area contributed by atoms with Gasteiger partial charge in [-0.25, -0.2) is 4.98 Å². The average Bonchev–Trinajstić information content (AvgIpc) is 0.821. The maximum Gasteiger partial charge on any atom is 0.327 e. The van der Waals surface area contributed by atoms with Crippen molar-refractivity contribution in [3.05, 3.63) is 215 Å². The van der Waals surface area contributed by atoms with E-state index in [0.717, 1.165) is 92.7 Å². The van der Waals surface area contributed by atoms with Crippen LogP contribution in [0.1, 0.15) is 199 Å². The first-order valence-electron chi connectivity index (χ1n) is 43.3. The van der Waals surface area contributed by atoms with E-state index < -0.39 is 38.2 Å². The minimum atomic E-state index is -1.38. The van der Waals surface area contributed by atoms with Crippen LogP contribution < -0.4 is 20.9 Å². The highest BCUT2D eigenvalue weighted by Gasteiger charge is 2.36. The molecule has 4 N–H and O–H groups in total. The molecule has 0 spiro atoms. The van der Waals surface area contributed by atoms with Gasteiger partial charge < -0.3 is 58.8 Å². The lowest BCUT2D eigenvalue weighted by Gasteiger charge is -2.38. The Bertz CT molecular complexity index is 4380. The van der Waals surface area contributed by atoms with Gasteiger partial charge in [0.1, 0.15) is 40.8 Å². The molecule has 2 saturated heterocycles. The number of carbonyl (C=O) groups is 8. The molecule has 712 valence electrons. The molecule has 3 aliphatic rings. The zero-order valence-electron chi connectivity index (χ0n) is 77.3. The summed E-state index contributed by atoms with van der Waals surface area (Å²) in [6.07, 6.45) is 17.7. The topological polar surface area (TPSA) is 481 Å². The van der Waals surface area contributed by atoms with Crippen LogP contribution in [0.15, 0.2) is 140 Å². The Balaban J connectivity index is 0.000000388. The standard InChI is InChI=1S/C18H27NO3.C17H26N2O3.C14H18N2O6.C11H20O2.C10H13NO2.C9H10N2O4.C9H12N2O2.C5H3ClN2O2/c1-4-22-18(20)11-16-8-5-14(2)12-19(16)13-15-6-9-17(21-3)10-7-15;1-3-22-17(20)10-15-7-6-14(18)12-19(15)11-13-4-8-16(21-2)9-5-13;1-5-21-12(17)11(13(18)22-14(2,3)4)10-7-6-9(8-15-10)16(19)20;1-3-13-11(12)8-10-6-4-9(2)5-7-10;1-3-13-10(12)6-9-5-4-8(2)7-11-9;1-2-15-9(12)5-7-3-4-8(6-10-7)11(13)14;1-2-13-9(12)5-8-4-3-7(10)6-11-8;6-5-2-1-4(3-7-5)8(9)10/h6-7,9-10,14,16H,4-5,8,11-13H2,1-3H3;4-5,8-9,14-15H,3,6-7,10-12,18H2,1-2H3;6-8,11H,5H2,1-4H3;9-10H,3-8H2,1-2H3;4-5,7H,3,6H2,1-2H3;3-4,6H,2,5H2,1H3;3-4,6H,2,5,10H2,1H3;1-3H. The van der Waals surface area contributed by atoms with Crippen LogP contribution in [0.3, 0.4) is 0 Å². The number of anilines is 1. The zero-order chi connectivity index (χ0) is 96.7. The summed E-state index contributed by atoms with van der Waals surface area (Å²) in [5, 5.41) is 31.2. The molecule has 0 amide bonds. The number of ether oxygens (including phenoxy) is 10. The third-order valence-corrected chi connectivity index (χ3v) is 19.6. The van der Waals surface area contributed by atoms with E-state index >= 15 is 0 Å². The number of esters is 8. The molecule has 7 heterocycles. The molecule has 37 heteroatoms. The van der Waals surface area contributed by atoms with E-state index in [4.69, 9.17) is 70.4 Å². The lowest BCUT2D eigenvalue weighted by molar-refractivity contribution is -0.385. The van der Waals surface area contributed by atoms with Crippen molar-refractivity contribution in [3.63, 3.8) is 0 Å². The van der Waals surface area contributed by atoms with Crippen LogP contribution in [-0.2, 0) is 109 Å². The molecular weight excluding hydrogens is 1700 g/mol. The third kappa shape index (κ3) is 47.2. The fourth-order valence-electron chi connectivity index (χ4n) is 13.0. The number of nitrogens with two attached hydrogens (primary N) is 2. The van der Waals surface area contributed by atoms with Gasteiger partial charge in [-0.1, -0.05) is 68.6 Å². The van der Waals surface area contributed by atoms with Gasteiger partial charge in [0.25, 0.3) is 17.1 Å². The van der Waals surface area contributed by atoms with Crippen molar-refractivity contribution in [3.8, 4) is 11.5 Å². The number of hydrogen-bond acceptors (Lipinski definition) is 33. The van der Waals surface area contributed by atoms with Gasteiger partial charge in [-0.2, -0.15) is 0 Å². The third-order valence-electron chi connectivity index (χ3n) is 19.4. The van der Waals surface area contributed by atoms with Gasteiger partial charge in [0.05, 0.1) is 142 Å². The zero-order valence-corrected chi connectivity index (χ0v) is 78.1. The fraction of sp³-hybridized carbons (Fsp3) is 0.516. The molecule has 5 aromatic heterocycles. The summed E-state index contributed by atoms with van der Waals surface area (Å²) in [5.74, 6) is -0.235. The van der Waals surface area contributed by atoms with Crippen LogP contribution in [-0.4, -0.2) is 195 Å². The van der Waals surface area contributed by atoms with Crippen LogP contribution in [0, 0.1) is 55.0 Å². The van der Waals surface area contributed by atoms with E-state index in [0.29, 0.717) is 87.8 Å². The van der Waals surface area contributed by atoms with Crippen molar-refractivity contribution < 1.29 is 100 Å². The van der Waals surface area contributed by atoms with Gasteiger partial charge in [0, 0.05) is 75.1 Å². The van der Waals surface area contributed by atoms with Crippen molar-refractivity contribution >= 4 is 82.1 Å². The lowest BCUT2D eigenvalue weighted by Crippen LogP contribution is -2.48. The van der Waals surface area contributed by atoms with E-state index in [1.54, 1.807) is 81.0 Å². The van der Waals surface area contributed by atoms with E-state index in [2.05, 4.69) is 72.8 Å².